The van der Waals surface area contributed by atoms with Gasteiger partial charge in [0.15, 0.2) is 12.1 Å². The number of hydrogen-bond acceptors (Lipinski definition) is 6. The summed E-state index contributed by atoms with van der Waals surface area (Å²) < 4.78 is 17.3. The first kappa shape index (κ1) is 60.3. The minimum atomic E-state index is -0.877. The van der Waals surface area contributed by atoms with Crippen molar-refractivity contribution in [3.63, 3.8) is 0 Å². The van der Waals surface area contributed by atoms with Crippen molar-refractivity contribution in [1.29, 1.82) is 0 Å². The number of rotatable bonds is 47. The van der Waals surface area contributed by atoms with E-state index in [0.717, 1.165) is 70.6 Å². The van der Waals surface area contributed by atoms with Crippen molar-refractivity contribution in [1.82, 2.24) is 0 Å². The third kappa shape index (κ3) is 44.3. The highest BCUT2D eigenvalue weighted by atomic mass is 16.6. The number of unbranched alkanes of at least 4 members (excludes halogenated alkanes) is 25. The van der Waals surface area contributed by atoms with Crippen molar-refractivity contribution in [2.75, 3.05) is 41.0 Å². The van der Waals surface area contributed by atoms with Gasteiger partial charge in [-0.05, 0) is 70.6 Å². The van der Waals surface area contributed by atoms with Gasteiger partial charge in [0, 0.05) is 19.3 Å². The van der Waals surface area contributed by atoms with Crippen LogP contribution in [-0.2, 0) is 28.6 Å². The van der Waals surface area contributed by atoms with Crippen LogP contribution >= 0.6 is 0 Å². The Morgan fingerprint density at radius 3 is 1.33 bits per heavy atom. The second-order valence-corrected chi connectivity index (χ2v) is 18.7. The molecule has 1 N–H and O–H groups in total. The van der Waals surface area contributed by atoms with Crippen molar-refractivity contribution < 1.29 is 38.2 Å². The highest BCUT2D eigenvalue weighted by Gasteiger charge is 2.31. The van der Waals surface area contributed by atoms with E-state index in [0.29, 0.717) is 19.3 Å². The largest absolute Gasteiger partial charge is 0.477 e. The number of likely N-dealkylation sites (N-methyl/N-ethyl adjacent to an activating group) is 1. The third-order valence-corrected chi connectivity index (χ3v) is 11.7. The van der Waals surface area contributed by atoms with Crippen molar-refractivity contribution >= 4 is 17.9 Å². The number of carboxylic acids is 1. The van der Waals surface area contributed by atoms with Crippen molar-refractivity contribution in [2.24, 2.45) is 0 Å². The molecular weight excluding hydrogens is 787 g/mol. The van der Waals surface area contributed by atoms with E-state index in [9.17, 15) is 19.5 Å². The van der Waals surface area contributed by atoms with Crippen LogP contribution in [0.25, 0.3) is 0 Å². The average Bonchev–Trinajstić information content (AvgIpc) is 3.24. The van der Waals surface area contributed by atoms with E-state index in [-0.39, 0.29) is 36.2 Å². The standard InChI is InChI=1S/C55H99NO7/c1-6-8-10-12-14-16-18-20-22-24-25-26-27-28-29-30-32-33-35-37-39-41-43-45-53(57)62-50-51(49-61-48-47-52(55(59)60)56(3,4)5)63-54(58)46-44-42-40-38-36-34-31-23-21-19-17-15-13-11-9-7-2/h9,11,15,17,21,23,28-29,51-52H,6-8,10,12-14,16,18-20,22,24-27,30-50H2,1-5H3/p+1/b11-9+,17-15+,23-21+,29-28+. The fraction of sp³-hybridized carbons (Fsp3) is 0.800. The third-order valence-electron chi connectivity index (χ3n) is 11.7. The maximum Gasteiger partial charge on any atom is 0.362 e. The van der Waals surface area contributed by atoms with Gasteiger partial charge in [-0.15, -0.1) is 0 Å². The Hall–Kier alpha value is -2.71. The zero-order valence-corrected chi connectivity index (χ0v) is 41.8. The smallest absolute Gasteiger partial charge is 0.362 e. The molecule has 0 saturated carbocycles. The van der Waals surface area contributed by atoms with Gasteiger partial charge in [-0.2, -0.15) is 0 Å². The Morgan fingerprint density at radius 2 is 0.889 bits per heavy atom. The maximum atomic E-state index is 12.8. The van der Waals surface area contributed by atoms with Crippen molar-refractivity contribution in [3.8, 4) is 0 Å². The number of hydrogen-bond donors (Lipinski definition) is 1. The second kappa shape index (κ2) is 45.8. The molecule has 2 atom stereocenters. The van der Waals surface area contributed by atoms with Crippen LogP contribution in [0.2, 0.25) is 0 Å². The molecule has 366 valence electrons. The normalized spacial score (nSPS) is 13.2. The van der Waals surface area contributed by atoms with Crippen LogP contribution in [0.4, 0.5) is 0 Å². The Bertz CT molecular complexity index is 1170. The minimum absolute atomic E-state index is 0.0543. The number of aliphatic carboxylic acids is 1. The number of carbonyl (C=O) groups excluding carboxylic acids is 2. The number of ether oxygens (including phenoxy) is 3. The van der Waals surface area contributed by atoms with Crippen molar-refractivity contribution in [2.45, 2.75) is 244 Å². The molecule has 0 saturated heterocycles. The van der Waals surface area contributed by atoms with Crippen LogP contribution < -0.4 is 0 Å². The lowest BCUT2D eigenvalue weighted by Crippen LogP contribution is -2.50. The quantitative estimate of drug-likeness (QED) is 0.0281. The predicted molar refractivity (Wildman–Crippen MR) is 266 cm³/mol. The molecule has 0 aliphatic heterocycles. The molecule has 8 nitrogen and oxygen atoms in total. The number of esters is 2. The monoisotopic (exact) mass is 887 g/mol. The van der Waals surface area contributed by atoms with Crippen LogP contribution in [0.15, 0.2) is 48.6 Å². The van der Waals surface area contributed by atoms with E-state index in [4.69, 9.17) is 14.2 Å². The molecule has 8 heteroatoms. The summed E-state index contributed by atoms with van der Waals surface area (Å²) in [4.78, 5) is 37.2. The highest BCUT2D eigenvalue weighted by molar-refractivity contribution is 5.72. The zero-order valence-electron chi connectivity index (χ0n) is 41.8. The van der Waals surface area contributed by atoms with Crippen LogP contribution in [-0.4, -0.2) is 80.6 Å². The molecule has 0 bridgehead atoms. The number of nitrogens with zero attached hydrogens (tertiary/aromatic N) is 1. The van der Waals surface area contributed by atoms with E-state index in [1.54, 1.807) is 0 Å². The predicted octanol–water partition coefficient (Wildman–Crippen LogP) is 15.1. The van der Waals surface area contributed by atoms with Gasteiger partial charge in [-0.3, -0.25) is 9.59 Å². The van der Waals surface area contributed by atoms with Gasteiger partial charge < -0.3 is 23.8 Å². The number of allylic oxidation sites excluding steroid dienone is 8. The molecule has 0 aliphatic carbocycles. The molecule has 2 unspecified atom stereocenters. The first-order valence-electron chi connectivity index (χ1n) is 26.2. The molecule has 0 fully saturated rings. The average molecular weight is 887 g/mol. The van der Waals surface area contributed by atoms with E-state index in [1.807, 2.05) is 21.1 Å². The van der Waals surface area contributed by atoms with E-state index in [1.165, 1.54) is 128 Å². The lowest BCUT2D eigenvalue weighted by atomic mass is 10.0. The summed E-state index contributed by atoms with van der Waals surface area (Å²) in [5.74, 6) is -1.48. The van der Waals surface area contributed by atoms with Gasteiger partial charge in [0.25, 0.3) is 0 Å². The summed E-state index contributed by atoms with van der Waals surface area (Å²) in [6.45, 7) is 4.63. The molecule has 0 heterocycles. The lowest BCUT2D eigenvalue weighted by Gasteiger charge is -2.31. The summed E-state index contributed by atoms with van der Waals surface area (Å²) >= 11 is 0. The Labute approximate surface area is 388 Å². The lowest BCUT2D eigenvalue weighted by molar-refractivity contribution is -0.887. The molecular formula is C55H100NO7+. The van der Waals surface area contributed by atoms with Gasteiger partial charge >= 0.3 is 17.9 Å². The fourth-order valence-electron chi connectivity index (χ4n) is 7.69. The van der Waals surface area contributed by atoms with Gasteiger partial charge in [0.2, 0.25) is 0 Å². The molecule has 0 aliphatic rings. The molecule has 0 rings (SSSR count). The fourth-order valence-corrected chi connectivity index (χ4v) is 7.69. The second-order valence-electron chi connectivity index (χ2n) is 18.7. The maximum absolute atomic E-state index is 12.8. The van der Waals surface area contributed by atoms with Crippen LogP contribution in [0, 0.1) is 0 Å². The molecule has 0 amide bonds. The summed E-state index contributed by atoms with van der Waals surface area (Å²) in [7, 11) is 5.53. The van der Waals surface area contributed by atoms with Gasteiger partial charge in [-0.25, -0.2) is 4.79 Å². The molecule has 0 aromatic heterocycles. The SMILES string of the molecule is CC/C=C/C/C=C/C/C=C/CCCCCCCCC(=O)OC(COCCC(C(=O)O)[N+](C)(C)C)COC(=O)CCCCCCCCC/C=C/CCCCCCCCCCCCCC. The van der Waals surface area contributed by atoms with Crippen LogP contribution in [0.5, 0.6) is 0 Å². The molecule has 0 radical (unpaired) electrons. The summed E-state index contributed by atoms with van der Waals surface area (Å²) in [5.41, 5.74) is 0. The first-order valence-corrected chi connectivity index (χ1v) is 26.2. The molecule has 0 spiro atoms. The van der Waals surface area contributed by atoms with E-state index >= 15 is 0 Å². The van der Waals surface area contributed by atoms with Gasteiger partial charge in [0.1, 0.15) is 6.61 Å². The summed E-state index contributed by atoms with van der Waals surface area (Å²) in [5, 5.41) is 9.65. The zero-order chi connectivity index (χ0) is 46.3. The summed E-state index contributed by atoms with van der Waals surface area (Å²) in [6, 6.07) is -0.619. The Kier molecular flexibility index (Phi) is 43.9. The molecule has 0 aromatic rings. The van der Waals surface area contributed by atoms with Crippen molar-refractivity contribution in [3.05, 3.63) is 48.6 Å². The number of carboxylic acid groups (broad SMARTS) is 1. The molecule has 63 heavy (non-hydrogen) atoms. The topological polar surface area (TPSA) is 99.1 Å². The van der Waals surface area contributed by atoms with Gasteiger partial charge in [-0.1, -0.05) is 191 Å². The van der Waals surface area contributed by atoms with E-state index in [2.05, 4.69) is 62.5 Å². The first-order chi connectivity index (χ1) is 30.6. The number of carbonyl (C=O) groups is 3. The molecule has 0 aromatic carbocycles. The Morgan fingerprint density at radius 1 is 0.492 bits per heavy atom. The summed E-state index contributed by atoms with van der Waals surface area (Å²) in [6.07, 6.45) is 56.0. The van der Waals surface area contributed by atoms with Crippen LogP contribution in [0.3, 0.4) is 0 Å². The Balaban J connectivity index is 4.21. The van der Waals surface area contributed by atoms with Crippen LogP contribution in [0.1, 0.15) is 232 Å². The van der Waals surface area contributed by atoms with Gasteiger partial charge in [0.05, 0.1) is 34.4 Å². The minimum Gasteiger partial charge on any atom is -0.477 e. The number of quaternary nitrogens is 1. The highest BCUT2D eigenvalue weighted by Crippen LogP contribution is 2.15. The van der Waals surface area contributed by atoms with E-state index < -0.39 is 18.1 Å².